The summed E-state index contributed by atoms with van der Waals surface area (Å²) in [6.07, 6.45) is 4.10. The lowest BCUT2D eigenvalue weighted by Gasteiger charge is -2.45. The summed E-state index contributed by atoms with van der Waals surface area (Å²) in [7, 11) is 0. The van der Waals surface area contributed by atoms with E-state index < -0.39 is 11.2 Å². The number of amides is 1. The highest BCUT2D eigenvalue weighted by molar-refractivity contribution is 5.70. The van der Waals surface area contributed by atoms with Crippen LogP contribution in [0.15, 0.2) is 67.0 Å². The Bertz CT molecular complexity index is 1090. The summed E-state index contributed by atoms with van der Waals surface area (Å²) in [6, 6.07) is 17.6. The van der Waals surface area contributed by atoms with Crippen molar-refractivity contribution in [2.24, 2.45) is 0 Å². The van der Waals surface area contributed by atoms with Crippen molar-refractivity contribution < 1.29 is 14.6 Å². The molecule has 6 heteroatoms. The minimum Gasteiger partial charge on any atom is -0.438 e. The van der Waals surface area contributed by atoms with Gasteiger partial charge in [0.25, 0.3) is 0 Å². The summed E-state index contributed by atoms with van der Waals surface area (Å²) < 4.78 is 6.10. The SMILES string of the molecule is Cc1cnc(-c2ccc([C@H](C)N3CCC(CC(C)(C)O)(c4ccccc4)OC3=O)cc2)cn1. The number of ether oxygens (including phenoxy) is 1. The molecule has 2 aromatic carbocycles. The molecule has 172 valence electrons. The maximum absolute atomic E-state index is 13.2. The third kappa shape index (κ3) is 5.06. The van der Waals surface area contributed by atoms with Crippen LogP contribution in [0.5, 0.6) is 0 Å². The van der Waals surface area contributed by atoms with Crippen LogP contribution >= 0.6 is 0 Å². The van der Waals surface area contributed by atoms with Crippen molar-refractivity contribution in [3.63, 3.8) is 0 Å². The van der Waals surface area contributed by atoms with E-state index in [-0.39, 0.29) is 12.1 Å². The lowest BCUT2D eigenvalue weighted by Crippen LogP contribution is -2.51. The average molecular weight is 446 g/mol. The lowest BCUT2D eigenvalue weighted by molar-refractivity contribution is -0.101. The van der Waals surface area contributed by atoms with Crippen LogP contribution in [0.4, 0.5) is 4.79 Å². The van der Waals surface area contributed by atoms with Gasteiger partial charge in [-0.1, -0.05) is 54.6 Å². The number of benzene rings is 2. The van der Waals surface area contributed by atoms with Crippen molar-refractivity contribution in [1.82, 2.24) is 14.9 Å². The Kier molecular flexibility index (Phi) is 6.21. The number of hydrogen-bond acceptors (Lipinski definition) is 5. The van der Waals surface area contributed by atoms with Crippen molar-refractivity contribution >= 4 is 6.09 Å². The van der Waals surface area contributed by atoms with Crippen LogP contribution in [0.2, 0.25) is 0 Å². The molecule has 4 rings (SSSR count). The Hall–Kier alpha value is -3.25. The second kappa shape index (κ2) is 8.94. The van der Waals surface area contributed by atoms with E-state index in [1.807, 2.05) is 68.4 Å². The highest BCUT2D eigenvalue weighted by Crippen LogP contribution is 2.42. The van der Waals surface area contributed by atoms with Crippen molar-refractivity contribution in [2.45, 2.75) is 57.8 Å². The van der Waals surface area contributed by atoms with Crippen LogP contribution in [-0.4, -0.2) is 38.2 Å². The van der Waals surface area contributed by atoms with Gasteiger partial charge in [-0.15, -0.1) is 0 Å². The zero-order valence-corrected chi connectivity index (χ0v) is 19.7. The molecule has 2 atom stereocenters. The maximum atomic E-state index is 13.2. The molecule has 1 N–H and O–H groups in total. The maximum Gasteiger partial charge on any atom is 0.411 e. The molecule has 2 heterocycles. The molecule has 1 aliphatic heterocycles. The number of cyclic esters (lactones) is 1. The van der Waals surface area contributed by atoms with Crippen LogP contribution in [-0.2, 0) is 10.3 Å². The molecule has 0 bridgehead atoms. The number of nitrogens with zero attached hydrogens (tertiary/aromatic N) is 3. The molecule has 0 radical (unpaired) electrons. The monoisotopic (exact) mass is 445 g/mol. The molecular formula is C27H31N3O3. The van der Waals surface area contributed by atoms with E-state index in [1.54, 1.807) is 31.1 Å². The first-order valence-corrected chi connectivity index (χ1v) is 11.3. The van der Waals surface area contributed by atoms with E-state index >= 15 is 0 Å². The van der Waals surface area contributed by atoms with Gasteiger partial charge in [0, 0.05) is 31.1 Å². The lowest BCUT2D eigenvalue weighted by atomic mass is 9.80. The van der Waals surface area contributed by atoms with E-state index in [1.165, 1.54) is 0 Å². The molecule has 1 aromatic heterocycles. The zero-order chi connectivity index (χ0) is 23.6. The van der Waals surface area contributed by atoms with Gasteiger partial charge < -0.3 is 14.7 Å². The number of carbonyl (C=O) groups is 1. The number of aromatic nitrogens is 2. The highest BCUT2D eigenvalue weighted by atomic mass is 16.6. The number of hydrogen-bond donors (Lipinski definition) is 1. The molecule has 1 unspecified atom stereocenters. The molecule has 1 fully saturated rings. The van der Waals surface area contributed by atoms with E-state index in [0.29, 0.717) is 19.4 Å². The summed E-state index contributed by atoms with van der Waals surface area (Å²) in [4.78, 5) is 23.7. The Labute approximate surface area is 195 Å². The first kappa shape index (κ1) is 22.9. The van der Waals surface area contributed by atoms with E-state index in [4.69, 9.17) is 4.74 Å². The molecule has 0 spiro atoms. The fourth-order valence-electron chi connectivity index (χ4n) is 4.55. The summed E-state index contributed by atoms with van der Waals surface area (Å²) in [5.41, 5.74) is 2.79. The zero-order valence-electron chi connectivity index (χ0n) is 19.7. The van der Waals surface area contributed by atoms with Gasteiger partial charge in [0.15, 0.2) is 0 Å². The molecular weight excluding hydrogens is 414 g/mol. The van der Waals surface area contributed by atoms with Crippen molar-refractivity contribution in [2.75, 3.05) is 6.54 Å². The van der Waals surface area contributed by atoms with E-state index in [2.05, 4.69) is 9.97 Å². The normalized spacial score (nSPS) is 19.8. The van der Waals surface area contributed by atoms with Gasteiger partial charge in [-0.2, -0.15) is 0 Å². The van der Waals surface area contributed by atoms with E-state index in [9.17, 15) is 9.90 Å². The Balaban J connectivity index is 1.53. The number of aryl methyl sites for hydroxylation is 1. The Morgan fingerprint density at radius 3 is 2.36 bits per heavy atom. The van der Waals surface area contributed by atoms with Crippen LogP contribution in [0, 0.1) is 6.92 Å². The van der Waals surface area contributed by atoms with E-state index in [0.717, 1.165) is 28.1 Å². The van der Waals surface area contributed by atoms with Gasteiger partial charge in [0.05, 0.1) is 29.2 Å². The minimum atomic E-state index is -0.974. The number of carbonyl (C=O) groups excluding carboxylic acids is 1. The Morgan fingerprint density at radius 2 is 1.79 bits per heavy atom. The molecule has 0 saturated carbocycles. The summed E-state index contributed by atoms with van der Waals surface area (Å²) in [5, 5.41) is 10.6. The molecule has 1 aliphatic rings. The smallest absolute Gasteiger partial charge is 0.411 e. The minimum absolute atomic E-state index is 0.147. The first-order chi connectivity index (χ1) is 15.7. The molecule has 3 aromatic rings. The quantitative estimate of drug-likeness (QED) is 0.549. The van der Waals surface area contributed by atoms with Gasteiger partial charge in [0.2, 0.25) is 0 Å². The highest BCUT2D eigenvalue weighted by Gasteiger charge is 2.46. The molecule has 1 saturated heterocycles. The number of aliphatic hydroxyl groups is 1. The fourth-order valence-corrected chi connectivity index (χ4v) is 4.55. The topological polar surface area (TPSA) is 75.6 Å². The van der Waals surface area contributed by atoms with Crippen LogP contribution in [0.1, 0.15) is 56.5 Å². The first-order valence-electron chi connectivity index (χ1n) is 11.3. The van der Waals surface area contributed by atoms with Crippen LogP contribution < -0.4 is 0 Å². The number of rotatable bonds is 6. The second-order valence-corrected chi connectivity index (χ2v) is 9.50. The second-order valence-electron chi connectivity index (χ2n) is 9.50. The van der Waals surface area contributed by atoms with Gasteiger partial charge in [-0.25, -0.2) is 4.79 Å². The van der Waals surface area contributed by atoms with Gasteiger partial charge in [-0.3, -0.25) is 9.97 Å². The van der Waals surface area contributed by atoms with Crippen molar-refractivity contribution in [1.29, 1.82) is 0 Å². The average Bonchev–Trinajstić information content (AvgIpc) is 2.79. The molecule has 6 nitrogen and oxygen atoms in total. The van der Waals surface area contributed by atoms with Crippen molar-refractivity contribution in [3.8, 4) is 11.3 Å². The van der Waals surface area contributed by atoms with Gasteiger partial charge >= 0.3 is 6.09 Å². The molecule has 1 amide bonds. The van der Waals surface area contributed by atoms with Crippen molar-refractivity contribution in [3.05, 3.63) is 83.8 Å². The standard InChI is InChI=1S/C27H31N3O3/c1-19-16-29-24(17-28-19)22-12-10-21(11-13-22)20(2)30-15-14-27(33-25(30)31,18-26(3,4)32)23-8-6-5-7-9-23/h5-13,16-17,20,32H,14-15,18H2,1-4H3/t20-,27?/m0/s1. The largest absolute Gasteiger partial charge is 0.438 e. The Morgan fingerprint density at radius 1 is 1.09 bits per heavy atom. The summed E-state index contributed by atoms with van der Waals surface area (Å²) >= 11 is 0. The summed E-state index contributed by atoms with van der Waals surface area (Å²) in [6.45, 7) is 7.96. The van der Waals surface area contributed by atoms with Crippen LogP contribution in [0.25, 0.3) is 11.3 Å². The van der Waals surface area contributed by atoms with Gasteiger partial charge in [-0.05, 0) is 38.8 Å². The third-order valence-electron chi connectivity index (χ3n) is 6.23. The summed E-state index contributed by atoms with van der Waals surface area (Å²) in [5.74, 6) is 0. The molecule has 33 heavy (non-hydrogen) atoms. The predicted molar refractivity (Wildman–Crippen MR) is 127 cm³/mol. The fraction of sp³-hybridized carbons (Fsp3) is 0.370. The molecule has 0 aliphatic carbocycles. The van der Waals surface area contributed by atoms with Gasteiger partial charge in [0.1, 0.15) is 5.60 Å². The van der Waals surface area contributed by atoms with Crippen LogP contribution in [0.3, 0.4) is 0 Å². The third-order valence-corrected chi connectivity index (χ3v) is 6.23. The predicted octanol–water partition coefficient (Wildman–Crippen LogP) is 5.41.